The average Bonchev–Trinajstić information content (AvgIpc) is 3.74. The summed E-state index contributed by atoms with van der Waals surface area (Å²) in [4.78, 5) is 47.7. The van der Waals surface area contributed by atoms with Gasteiger partial charge in [0, 0.05) is 54.4 Å². The molecular weight excluding hydrogens is 706 g/mol. The van der Waals surface area contributed by atoms with Gasteiger partial charge in [-0.3, -0.25) is 13.9 Å². The zero-order valence-electron chi connectivity index (χ0n) is 29.5. The highest BCUT2D eigenvalue weighted by molar-refractivity contribution is 7.92. The first-order valence-corrected chi connectivity index (χ1v) is 18.4. The van der Waals surface area contributed by atoms with Gasteiger partial charge in [-0.1, -0.05) is 26.0 Å². The second-order valence-electron chi connectivity index (χ2n) is 12.6. The largest absolute Gasteiger partial charge is 0.467 e. The van der Waals surface area contributed by atoms with Crippen molar-refractivity contribution in [2.24, 2.45) is 5.92 Å². The lowest BCUT2D eigenvalue weighted by atomic mass is 9.97. The van der Waals surface area contributed by atoms with Crippen LogP contribution in [0.4, 0.5) is 10.1 Å². The number of furan rings is 1. The molecule has 2 amide bonds. The number of nitrogens with one attached hydrogen (secondary N) is 2. The fourth-order valence-electron chi connectivity index (χ4n) is 5.98. The monoisotopic (exact) mass is 741 g/mol. The molecule has 1 atom stereocenters. The number of halogens is 1. The Labute approximate surface area is 304 Å². The number of pyridine rings is 1. The SMILES string of the molecule is CNC(=O)c1c(-c2ccc(F)cc2)oc2cc(N(CCC(=O)NC(C(=O)OC)C(C)C)S(C)(=O)=O)c(-c3cccc(-c4nc5ncccc5o4)c3)cc12. The van der Waals surface area contributed by atoms with Crippen LogP contribution < -0.4 is 14.9 Å². The number of ether oxygens (including phenoxy) is 1. The number of hydrogen-bond donors (Lipinski definition) is 2. The molecule has 3 heterocycles. The Balaban J connectivity index is 1.53. The molecule has 0 radical (unpaired) electrons. The normalized spacial score (nSPS) is 12.2. The van der Waals surface area contributed by atoms with E-state index in [0.717, 1.165) is 10.6 Å². The van der Waals surface area contributed by atoms with Crippen molar-refractivity contribution in [3.8, 4) is 33.9 Å². The lowest BCUT2D eigenvalue weighted by Gasteiger charge is -2.26. The third kappa shape index (κ3) is 7.60. The maximum Gasteiger partial charge on any atom is 0.328 e. The van der Waals surface area contributed by atoms with Crippen LogP contribution in [-0.2, 0) is 24.3 Å². The van der Waals surface area contributed by atoms with Crippen LogP contribution in [0.1, 0.15) is 30.6 Å². The van der Waals surface area contributed by atoms with E-state index in [-0.39, 0.29) is 47.4 Å². The number of sulfonamides is 1. The Morgan fingerprint density at radius 3 is 2.34 bits per heavy atom. The average molecular weight is 742 g/mol. The molecule has 0 aliphatic rings. The quantitative estimate of drug-likeness (QED) is 0.143. The van der Waals surface area contributed by atoms with Crippen LogP contribution in [0.3, 0.4) is 0 Å². The molecule has 2 N–H and O–H groups in total. The molecule has 3 aromatic carbocycles. The standard InChI is InChI=1S/C38H36FN5O8S/c1-21(2)33(38(47)50-4)42-31(45)15-17-44(53(5,48)49)28-20-30-27(32(36(46)40-3)34(51-30)22-11-13-25(39)14-12-22)19-26(28)23-8-6-9-24(18-23)37-43-35-29(52-37)10-7-16-41-35/h6-14,16,18-21,33H,15,17H2,1-5H3,(H,40,46)(H,42,45). The van der Waals surface area contributed by atoms with E-state index in [2.05, 4.69) is 20.6 Å². The molecule has 1 unspecified atom stereocenters. The number of oxazole rings is 1. The van der Waals surface area contributed by atoms with Gasteiger partial charge in [0.1, 0.15) is 23.2 Å². The van der Waals surface area contributed by atoms with Gasteiger partial charge in [-0.05, 0) is 66.1 Å². The molecule has 13 nitrogen and oxygen atoms in total. The number of carbonyl (C=O) groups is 3. The molecule has 0 saturated heterocycles. The smallest absolute Gasteiger partial charge is 0.328 e. The van der Waals surface area contributed by atoms with E-state index in [0.29, 0.717) is 38.9 Å². The number of nitrogens with zero attached hydrogens (tertiary/aromatic N) is 3. The topological polar surface area (TPSA) is 174 Å². The molecule has 0 fully saturated rings. The fraction of sp³-hybridized carbons (Fsp3) is 0.237. The molecule has 0 bridgehead atoms. The minimum absolute atomic E-state index is 0.139. The van der Waals surface area contributed by atoms with Crippen molar-refractivity contribution >= 4 is 55.7 Å². The van der Waals surface area contributed by atoms with E-state index in [1.165, 1.54) is 44.5 Å². The van der Waals surface area contributed by atoms with Crippen molar-refractivity contribution in [3.05, 3.63) is 90.4 Å². The third-order valence-electron chi connectivity index (χ3n) is 8.60. The van der Waals surface area contributed by atoms with Gasteiger partial charge in [-0.25, -0.2) is 22.6 Å². The number of methoxy groups -OCH3 is 1. The number of esters is 1. The number of anilines is 1. The van der Waals surface area contributed by atoms with Crippen molar-refractivity contribution in [2.75, 3.05) is 31.3 Å². The number of hydrogen-bond acceptors (Lipinski definition) is 10. The zero-order chi connectivity index (χ0) is 38.0. The third-order valence-corrected chi connectivity index (χ3v) is 9.78. The predicted octanol–water partition coefficient (Wildman–Crippen LogP) is 5.94. The van der Waals surface area contributed by atoms with Crippen LogP contribution in [0.5, 0.6) is 0 Å². The molecule has 6 aromatic rings. The highest BCUT2D eigenvalue weighted by Crippen LogP contribution is 2.42. The molecule has 3 aromatic heterocycles. The molecule has 0 aliphatic heterocycles. The zero-order valence-corrected chi connectivity index (χ0v) is 30.3. The van der Waals surface area contributed by atoms with E-state index in [1.807, 2.05) is 0 Å². The van der Waals surface area contributed by atoms with Crippen molar-refractivity contribution < 1.29 is 40.8 Å². The molecule has 6 rings (SSSR count). The van der Waals surface area contributed by atoms with Gasteiger partial charge in [0.25, 0.3) is 5.91 Å². The predicted molar refractivity (Wildman–Crippen MR) is 197 cm³/mol. The maximum atomic E-state index is 13.9. The minimum atomic E-state index is -4.08. The van der Waals surface area contributed by atoms with Crippen LogP contribution in [0, 0.1) is 11.7 Å². The summed E-state index contributed by atoms with van der Waals surface area (Å²) in [7, 11) is -1.40. The Morgan fingerprint density at radius 1 is 0.943 bits per heavy atom. The Morgan fingerprint density at radius 2 is 1.68 bits per heavy atom. The molecule has 0 aliphatic carbocycles. The van der Waals surface area contributed by atoms with Crippen LogP contribution in [0.2, 0.25) is 0 Å². The summed E-state index contributed by atoms with van der Waals surface area (Å²) in [5.41, 5.74) is 3.19. The van der Waals surface area contributed by atoms with Gasteiger partial charge in [0.2, 0.25) is 21.8 Å². The Hall–Kier alpha value is -6.09. The molecule has 0 spiro atoms. The molecular formula is C38H36FN5O8S. The van der Waals surface area contributed by atoms with Crippen LogP contribution in [-0.4, -0.2) is 69.2 Å². The Bertz CT molecular complexity index is 2430. The molecule has 274 valence electrons. The summed E-state index contributed by atoms with van der Waals surface area (Å²) >= 11 is 0. The van der Waals surface area contributed by atoms with Crippen molar-refractivity contribution in [1.82, 2.24) is 20.6 Å². The molecule has 15 heteroatoms. The number of benzene rings is 3. The van der Waals surface area contributed by atoms with E-state index in [9.17, 15) is 27.2 Å². The van der Waals surface area contributed by atoms with Crippen molar-refractivity contribution in [3.63, 3.8) is 0 Å². The fourth-order valence-corrected chi connectivity index (χ4v) is 6.91. The van der Waals surface area contributed by atoms with E-state index >= 15 is 0 Å². The first-order chi connectivity index (χ1) is 25.3. The number of fused-ring (bicyclic) bond motifs is 2. The van der Waals surface area contributed by atoms with Gasteiger partial charge in [0.15, 0.2) is 11.2 Å². The summed E-state index contributed by atoms with van der Waals surface area (Å²) in [6.07, 6.45) is 2.29. The summed E-state index contributed by atoms with van der Waals surface area (Å²) in [6, 6.07) is 18.1. The second-order valence-corrected chi connectivity index (χ2v) is 14.5. The highest BCUT2D eigenvalue weighted by Gasteiger charge is 2.29. The van der Waals surface area contributed by atoms with Crippen LogP contribution >= 0.6 is 0 Å². The summed E-state index contributed by atoms with van der Waals surface area (Å²) < 4.78 is 59.2. The summed E-state index contributed by atoms with van der Waals surface area (Å²) in [5.74, 6) is -2.05. The van der Waals surface area contributed by atoms with Crippen molar-refractivity contribution in [1.29, 1.82) is 0 Å². The van der Waals surface area contributed by atoms with Gasteiger partial charge in [0.05, 0.1) is 24.6 Å². The van der Waals surface area contributed by atoms with Gasteiger partial charge < -0.3 is 24.2 Å². The van der Waals surface area contributed by atoms with E-state index in [1.54, 1.807) is 62.5 Å². The molecule has 53 heavy (non-hydrogen) atoms. The van der Waals surface area contributed by atoms with E-state index < -0.39 is 39.7 Å². The first-order valence-electron chi connectivity index (χ1n) is 16.5. The van der Waals surface area contributed by atoms with Gasteiger partial charge in [-0.15, -0.1) is 0 Å². The lowest BCUT2D eigenvalue weighted by molar-refractivity contribution is -0.146. The van der Waals surface area contributed by atoms with Crippen LogP contribution in [0.25, 0.3) is 56.1 Å². The van der Waals surface area contributed by atoms with Gasteiger partial charge in [-0.2, -0.15) is 4.98 Å². The van der Waals surface area contributed by atoms with E-state index in [4.69, 9.17) is 13.6 Å². The minimum Gasteiger partial charge on any atom is -0.467 e. The number of aromatic nitrogens is 2. The number of carbonyl (C=O) groups excluding carboxylic acids is 3. The maximum absolute atomic E-state index is 13.9. The second kappa shape index (κ2) is 14.9. The number of amides is 2. The Kier molecular flexibility index (Phi) is 10.3. The van der Waals surface area contributed by atoms with Crippen LogP contribution in [0.15, 0.2) is 87.8 Å². The number of rotatable bonds is 12. The summed E-state index contributed by atoms with van der Waals surface area (Å²) in [5, 5.41) is 5.62. The summed E-state index contributed by atoms with van der Waals surface area (Å²) in [6.45, 7) is 3.17. The van der Waals surface area contributed by atoms with Crippen molar-refractivity contribution in [2.45, 2.75) is 26.3 Å². The first kappa shape index (κ1) is 36.7. The van der Waals surface area contributed by atoms with Gasteiger partial charge >= 0.3 is 5.97 Å². The molecule has 0 saturated carbocycles. The lowest BCUT2D eigenvalue weighted by Crippen LogP contribution is -2.46. The highest BCUT2D eigenvalue weighted by atomic mass is 32.2.